The van der Waals surface area contributed by atoms with Crippen LogP contribution in [0.25, 0.3) is 55.4 Å². The number of fused-ring (bicyclic) bond motifs is 5. The van der Waals surface area contributed by atoms with Crippen molar-refractivity contribution in [2.75, 3.05) is 0 Å². The Morgan fingerprint density at radius 2 is 1.29 bits per heavy atom. The molecule has 0 spiro atoms. The third-order valence-electron chi connectivity index (χ3n) is 10.5. The van der Waals surface area contributed by atoms with Crippen molar-refractivity contribution in [2.45, 2.75) is 18.8 Å². The van der Waals surface area contributed by atoms with Gasteiger partial charge in [-0.25, -0.2) is 15.0 Å². The van der Waals surface area contributed by atoms with Crippen LogP contribution in [0.5, 0.6) is 0 Å². The zero-order valence-electron chi connectivity index (χ0n) is 27.9. The average molecular weight is 656 g/mol. The molecule has 4 heteroatoms. The van der Waals surface area contributed by atoms with E-state index in [0.29, 0.717) is 17.6 Å². The van der Waals surface area contributed by atoms with Crippen LogP contribution in [0, 0.1) is 5.92 Å². The number of aromatic nitrogens is 3. The molecule has 7 aromatic rings. The second-order valence-corrected chi connectivity index (χ2v) is 13.4. The summed E-state index contributed by atoms with van der Waals surface area (Å²) in [6.45, 7) is 0. The van der Waals surface area contributed by atoms with Crippen LogP contribution >= 0.6 is 0 Å². The number of nitrogens with zero attached hydrogens (tertiary/aromatic N) is 3. The SMILES string of the molecule is C1=CC2=CC=C(c3nc(C4=CCC(c5ccc(-c6ccccc6)c6ccccc56)c5oc6ccccc6c54)nc(-c4ccccc4)n3)CC2C=C1. The largest absolute Gasteiger partial charge is 0.460 e. The fraction of sp³-hybridized carbons (Fsp3) is 0.0851. The summed E-state index contributed by atoms with van der Waals surface area (Å²) < 4.78 is 6.85. The van der Waals surface area contributed by atoms with Crippen LogP contribution in [0.2, 0.25) is 0 Å². The molecular formula is C47H33N3O. The van der Waals surface area contributed by atoms with Crippen LogP contribution in [0.3, 0.4) is 0 Å². The van der Waals surface area contributed by atoms with Crippen LogP contribution in [-0.4, -0.2) is 15.0 Å². The van der Waals surface area contributed by atoms with Gasteiger partial charge in [-0.2, -0.15) is 0 Å². The van der Waals surface area contributed by atoms with E-state index in [1.165, 1.54) is 33.0 Å². The van der Waals surface area contributed by atoms with Gasteiger partial charge in [-0.1, -0.05) is 158 Å². The highest BCUT2D eigenvalue weighted by atomic mass is 16.3. The Labute approximate surface area is 296 Å². The second-order valence-electron chi connectivity index (χ2n) is 13.4. The maximum atomic E-state index is 6.85. The van der Waals surface area contributed by atoms with Gasteiger partial charge in [-0.05, 0) is 57.5 Å². The van der Waals surface area contributed by atoms with E-state index in [4.69, 9.17) is 19.4 Å². The normalized spacial score (nSPS) is 17.8. The molecule has 0 amide bonds. The van der Waals surface area contributed by atoms with E-state index in [2.05, 4.69) is 140 Å². The highest BCUT2D eigenvalue weighted by molar-refractivity contribution is 6.01. The summed E-state index contributed by atoms with van der Waals surface area (Å²) in [6, 6.07) is 42.5. The van der Waals surface area contributed by atoms with Crippen LogP contribution in [0.4, 0.5) is 0 Å². The third kappa shape index (κ3) is 5.11. The van der Waals surface area contributed by atoms with Gasteiger partial charge in [0.15, 0.2) is 17.5 Å². The lowest BCUT2D eigenvalue weighted by molar-refractivity contribution is 0.517. The zero-order valence-corrected chi connectivity index (χ0v) is 27.9. The first-order chi connectivity index (χ1) is 25.3. The molecule has 4 nitrogen and oxygen atoms in total. The van der Waals surface area contributed by atoms with E-state index >= 15 is 0 Å². The third-order valence-corrected chi connectivity index (χ3v) is 10.5. The molecule has 10 rings (SSSR count). The Morgan fingerprint density at radius 3 is 2.14 bits per heavy atom. The summed E-state index contributed by atoms with van der Waals surface area (Å²) in [5, 5.41) is 3.55. The van der Waals surface area contributed by atoms with Gasteiger partial charge in [0.1, 0.15) is 11.3 Å². The Kier molecular flexibility index (Phi) is 7.05. The van der Waals surface area contributed by atoms with Crippen molar-refractivity contribution in [2.24, 2.45) is 5.92 Å². The van der Waals surface area contributed by atoms with Gasteiger partial charge in [-0.15, -0.1) is 0 Å². The molecule has 2 atom stereocenters. The molecule has 3 aliphatic carbocycles. The monoisotopic (exact) mass is 655 g/mol. The number of allylic oxidation sites excluding steroid dienone is 9. The van der Waals surface area contributed by atoms with Crippen molar-refractivity contribution in [3.05, 3.63) is 198 Å². The number of benzene rings is 5. The quantitative estimate of drug-likeness (QED) is 0.185. The number of hydrogen-bond acceptors (Lipinski definition) is 4. The molecule has 0 radical (unpaired) electrons. The van der Waals surface area contributed by atoms with Crippen molar-refractivity contribution < 1.29 is 4.42 Å². The summed E-state index contributed by atoms with van der Waals surface area (Å²) in [6.07, 6.45) is 17.0. The summed E-state index contributed by atoms with van der Waals surface area (Å²) in [5.41, 5.74) is 10.0. The molecule has 2 heterocycles. The number of hydrogen-bond donors (Lipinski definition) is 0. The molecule has 0 bridgehead atoms. The zero-order chi connectivity index (χ0) is 33.7. The van der Waals surface area contributed by atoms with E-state index < -0.39 is 0 Å². The summed E-state index contributed by atoms with van der Waals surface area (Å²) in [7, 11) is 0. The molecule has 0 N–H and O–H groups in total. The van der Waals surface area contributed by atoms with Crippen molar-refractivity contribution in [1.29, 1.82) is 0 Å². The van der Waals surface area contributed by atoms with E-state index in [0.717, 1.165) is 57.7 Å². The standard InChI is InChI=1S/C47H33N3O/c1-3-14-31(15-4-1)35-25-26-38(37-20-10-9-19-36(35)37)39-27-28-41(43-40-21-11-12-22-42(40)51-44(39)43)47-49-45(32-16-5-2-6-17-32)48-46(50-47)34-24-23-30-13-7-8-18-33(30)29-34/h1-26,28,33,39H,27,29H2. The average Bonchev–Trinajstić information content (AvgIpc) is 3.60. The fourth-order valence-electron chi connectivity index (χ4n) is 7.99. The molecule has 2 aromatic heterocycles. The second kappa shape index (κ2) is 12.2. The van der Waals surface area contributed by atoms with E-state index in [1.807, 2.05) is 24.3 Å². The van der Waals surface area contributed by atoms with Crippen molar-refractivity contribution in [3.8, 4) is 22.5 Å². The molecule has 2 unspecified atom stereocenters. The summed E-state index contributed by atoms with van der Waals surface area (Å²) in [5.74, 6) is 3.36. The van der Waals surface area contributed by atoms with Crippen LogP contribution in [0.15, 0.2) is 174 Å². The molecule has 0 saturated carbocycles. The van der Waals surface area contributed by atoms with E-state index in [1.54, 1.807) is 0 Å². The maximum Gasteiger partial charge on any atom is 0.164 e. The first kappa shape index (κ1) is 29.5. The van der Waals surface area contributed by atoms with Gasteiger partial charge in [0, 0.05) is 33.9 Å². The Morgan fingerprint density at radius 1 is 0.588 bits per heavy atom. The number of furan rings is 1. The first-order valence-corrected chi connectivity index (χ1v) is 17.7. The lowest BCUT2D eigenvalue weighted by Crippen LogP contribution is -2.13. The van der Waals surface area contributed by atoms with Gasteiger partial charge >= 0.3 is 0 Å². The van der Waals surface area contributed by atoms with Gasteiger partial charge in [0.05, 0.1) is 0 Å². The Balaban J connectivity index is 1.14. The van der Waals surface area contributed by atoms with Crippen LogP contribution in [-0.2, 0) is 0 Å². The Bertz CT molecular complexity index is 2640. The maximum absolute atomic E-state index is 6.85. The van der Waals surface area contributed by atoms with Crippen LogP contribution in [0.1, 0.15) is 47.3 Å². The molecule has 3 aliphatic rings. The summed E-state index contributed by atoms with van der Waals surface area (Å²) in [4.78, 5) is 15.5. The predicted molar refractivity (Wildman–Crippen MR) is 207 cm³/mol. The molecule has 242 valence electrons. The molecule has 51 heavy (non-hydrogen) atoms. The molecule has 0 saturated heterocycles. The van der Waals surface area contributed by atoms with Gasteiger partial charge in [0.25, 0.3) is 0 Å². The molecular weight excluding hydrogens is 623 g/mol. The minimum absolute atomic E-state index is 0.0246. The highest BCUT2D eigenvalue weighted by Crippen LogP contribution is 2.48. The molecule has 0 aliphatic heterocycles. The van der Waals surface area contributed by atoms with E-state index in [-0.39, 0.29) is 5.92 Å². The predicted octanol–water partition coefficient (Wildman–Crippen LogP) is 11.5. The minimum atomic E-state index is 0.0246. The topological polar surface area (TPSA) is 51.8 Å². The van der Waals surface area contributed by atoms with Gasteiger partial charge in [-0.3, -0.25) is 0 Å². The molecule has 0 fully saturated rings. The van der Waals surface area contributed by atoms with Crippen molar-refractivity contribution >= 4 is 32.9 Å². The number of para-hydroxylation sites is 1. The Hall–Kier alpha value is -6.39. The first-order valence-electron chi connectivity index (χ1n) is 17.7. The summed E-state index contributed by atoms with van der Waals surface area (Å²) >= 11 is 0. The van der Waals surface area contributed by atoms with Gasteiger partial charge in [0.2, 0.25) is 0 Å². The van der Waals surface area contributed by atoms with Crippen LogP contribution < -0.4 is 0 Å². The fourth-order valence-corrected chi connectivity index (χ4v) is 7.99. The van der Waals surface area contributed by atoms with Gasteiger partial charge < -0.3 is 4.42 Å². The highest BCUT2D eigenvalue weighted by Gasteiger charge is 2.33. The van der Waals surface area contributed by atoms with Crippen molar-refractivity contribution in [3.63, 3.8) is 0 Å². The smallest absolute Gasteiger partial charge is 0.164 e. The van der Waals surface area contributed by atoms with E-state index in [9.17, 15) is 0 Å². The van der Waals surface area contributed by atoms with Crippen molar-refractivity contribution in [1.82, 2.24) is 15.0 Å². The lowest BCUT2D eigenvalue weighted by Gasteiger charge is -2.24. The minimum Gasteiger partial charge on any atom is -0.460 e. The molecule has 5 aromatic carbocycles. The number of rotatable bonds is 5. The lowest BCUT2D eigenvalue weighted by atomic mass is 9.80.